The second-order valence-electron chi connectivity index (χ2n) is 12.1. The standard InChI is InChI=1S/C35H48FN5O4/c1-5-34(42)38-14-16-44-18-20-45-19-17-43-15-13-37-26-10-11-27-28(22-40(4)32(27)21-26)29-23-41(24-33(29)39(2)3)31-12-9-25-7-6-8-30(36)35(25)31/h5-8,10-11,21-22,29,31,33,37H,1,9,12-20,23-24H2,2-4H3,(H,38,42)/t29-,31+,33+/m1/s1. The van der Waals surface area contributed by atoms with E-state index in [2.05, 4.69) is 83.2 Å². The molecule has 2 aromatic carbocycles. The monoisotopic (exact) mass is 621 g/mol. The zero-order valence-electron chi connectivity index (χ0n) is 26.9. The van der Waals surface area contributed by atoms with Crippen LogP contribution in [0.5, 0.6) is 0 Å². The maximum Gasteiger partial charge on any atom is 0.243 e. The summed E-state index contributed by atoms with van der Waals surface area (Å²) in [5.41, 5.74) is 5.70. The molecule has 244 valence electrons. The van der Waals surface area contributed by atoms with Gasteiger partial charge < -0.3 is 34.3 Å². The van der Waals surface area contributed by atoms with Crippen molar-refractivity contribution in [3.8, 4) is 0 Å². The van der Waals surface area contributed by atoms with Gasteiger partial charge in [-0.05, 0) is 62.3 Å². The number of carbonyl (C=O) groups is 1. The first-order valence-electron chi connectivity index (χ1n) is 16.0. The number of rotatable bonds is 17. The molecule has 2 heterocycles. The first kappa shape index (κ1) is 33.1. The van der Waals surface area contributed by atoms with E-state index < -0.39 is 0 Å². The fourth-order valence-corrected chi connectivity index (χ4v) is 6.82. The Kier molecular flexibility index (Phi) is 11.6. The summed E-state index contributed by atoms with van der Waals surface area (Å²) in [5.74, 6) is 0.0764. The molecule has 5 rings (SSSR count). The van der Waals surface area contributed by atoms with Gasteiger partial charge in [-0.15, -0.1) is 0 Å². The van der Waals surface area contributed by atoms with Crippen molar-refractivity contribution in [2.45, 2.75) is 30.8 Å². The Hall–Kier alpha value is -3.28. The minimum atomic E-state index is -0.202. The van der Waals surface area contributed by atoms with Crippen LogP contribution in [0.15, 0.2) is 55.3 Å². The molecular formula is C35H48FN5O4. The first-order valence-corrected chi connectivity index (χ1v) is 16.0. The van der Waals surface area contributed by atoms with Crippen molar-refractivity contribution in [3.05, 3.63) is 77.8 Å². The molecule has 3 atom stereocenters. The molecule has 0 radical (unpaired) electrons. The molecule has 1 aliphatic carbocycles. The molecule has 1 aliphatic heterocycles. The van der Waals surface area contributed by atoms with Crippen LogP contribution in [-0.2, 0) is 32.5 Å². The maximum absolute atomic E-state index is 14.9. The zero-order chi connectivity index (χ0) is 31.8. The summed E-state index contributed by atoms with van der Waals surface area (Å²) in [6.45, 7) is 9.39. The number of anilines is 1. The molecule has 2 aliphatic rings. The second kappa shape index (κ2) is 15.8. The molecule has 0 spiro atoms. The van der Waals surface area contributed by atoms with Crippen LogP contribution in [0, 0.1) is 5.82 Å². The lowest BCUT2D eigenvalue weighted by atomic mass is 9.93. The van der Waals surface area contributed by atoms with E-state index in [-0.39, 0.29) is 17.8 Å². The van der Waals surface area contributed by atoms with E-state index in [4.69, 9.17) is 14.2 Å². The number of amides is 1. The SMILES string of the molecule is C=CC(=O)NCCOCCOCCOCCNc1ccc2c([C@H]3CN([C@H]4CCc5cccc(F)c54)C[C@@H]3N(C)C)cn(C)c2c1. The highest BCUT2D eigenvalue weighted by Crippen LogP contribution is 2.44. The average molecular weight is 622 g/mol. The normalized spacial score (nSPS) is 19.8. The largest absolute Gasteiger partial charge is 0.383 e. The van der Waals surface area contributed by atoms with Crippen molar-refractivity contribution in [2.24, 2.45) is 7.05 Å². The predicted molar refractivity (Wildman–Crippen MR) is 176 cm³/mol. The number of nitrogens with zero attached hydrogens (tertiary/aromatic N) is 3. The Bertz CT molecular complexity index is 1440. The second-order valence-corrected chi connectivity index (χ2v) is 12.1. The molecule has 1 fully saturated rings. The molecule has 1 amide bonds. The topological polar surface area (TPSA) is 80.2 Å². The Balaban J connectivity index is 1.08. The molecule has 0 bridgehead atoms. The summed E-state index contributed by atoms with van der Waals surface area (Å²) in [5, 5.41) is 7.42. The zero-order valence-corrected chi connectivity index (χ0v) is 26.9. The molecule has 0 unspecified atom stereocenters. The number of hydrogen-bond acceptors (Lipinski definition) is 7. The van der Waals surface area contributed by atoms with Gasteiger partial charge in [-0.2, -0.15) is 0 Å². The summed E-state index contributed by atoms with van der Waals surface area (Å²) in [4.78, 5) is 15.9. The van der Waals surface area contributed by atoms with Crippen LogP contribution in [-0.4, -0.2) is 106 Å². The average Bonchev–Trinajstić information content (AvgIpc) is 3.75. The molecule has 2 N–H and O–H groups in total. The van der Waals surface area contributed by atoms with Gasteiger partial charge in [0.1, 0.15) is 5.82 Å². The van der Waals surface area contributed by atoms with E-state index in [0.717, 1.165) is 37.2 Å². The van der Waals surface area contributed by atoms with Crippen LogP contribution < -0.4 is 10.6 Å². The number of fused-ring (bicyclic) bond motifs is 2. The molecule has 3 aromatic rings. The minimum Gasteiger partial charge on any atom is -0.383 e. The highest BCUT2D eigenvalue weighted by atomic mass is 19.1. The lowest BCUT2D eigenvalue weighted by Gasteiger charge is -2.26. The molecule has 9 nitrogen and oxygen atoms in total. The fraction of sp³-hybridized carbons (Fsp3) is 0.514. The Morgan fingerprint density at radius 3 is 2.51 bits per heavy atom. The van der Waals surface area contributed by atoms with Gasteiger partial charge >= 0.3 is 0 Å². The van der Waals surface area contributed by atoms with Crippen LogP contribution in [0.25, 0.3) is 10.9 Å². The number of carbonyl (C=O) groups excluding carboxylic acids is 1. The van der Waals surface area contributed by atoms with Gasteiger partial charge in [0.25, 0.3) is 0 Å². The third kappa shape index (κ3) is 8.12. The number of aromatic nitrogens is 1. The van der Waals surface area contributed by atoms with Crippen molar-refractivity contribution in [1.29, 1.82) is 0 Å². The van der Waals surface area contributed by atoms with Gasteiger partial charge in [0.05, 0.1) is 45.2 Å². The number of likely N-dealkylation sites (N-methyl/N-ethyl adjacent to an activating group) is 1. The quantitative estimate of drug-likeness (QED) is 0.174. The number of likely N-dealkylation sites (tertiary alicyclic amines) is 1. The van der Waals surface area contributed by atoms with Crippen molar-refractivity contribution < 1.29 is 23.4 Å². The number of nitrogens with one attached hydrogen (secondary N) is 2. The van der Waals surface area contributed by atoms with Crippen molar-refractivity contribution in [2.75, 3.05) is 85.2 Å². The van der Waals surface area contributed by atoms with E-state index in [1.807, 2.05) is 6.07 Å². The highest BCUT2D eigenvalue weighted by molar-refractivity contribution is 5.88. The minimum absolute atomic E-state index is 0.0604. The van der Waals surface area contributed by atoms with Crippen LogP contribution in [0.2, 0.25) is 0 Å². The van der Waals surface area contributed by atoms with Gasteiger partial charge in [-0.1, -0.05) is 24.8 Å². The fourth-order valence-electron chi connectivity index (χ4n) is 6.82. The smallest absolute Gasteiger partial charge is 0.243 e. The maximum atomic E-state index is 14.9. The van der Waals surface area contributed by atoms with Crippen molar-refractivity contribution >= 4 is 22.5 Å². The summed E-state index contributed by atoms with van der Waals surface area (Å²) < 4.78 is 33.8. The number of ether oxygens (including phenoxy) is 3. The summed E-state index contributed by atoms with van der Waals surface area (Å²) in [7, 11) is 6.44. The lowest BCUT2D eigenvalue weighted by Crippen LogP contribution is -2.35. The van der Waals surface area contributed by atoms with E-state index in [0.29, 0.717) is 64.7 Å². The van der Waals surface area contributed by atoms with Gasteiger partial charge in [0, 0.05) is 74.1 Å². The van der Waals surface area contributed by atoms with Crippen LogP contribution in [0.3, 0.4) is 0 Å². The number of hydrogen-bond donors (Lipinski definition) is 2. The van der Waals surface area contributed by atoms with Crippen LogP contribution in [0.4, 0.5) is 10.1 Å². The van der Waals surface area contributed by atoms with E-state index in [1.165, 1.54) is 28.1 Å². The predicted octanol–water partition coefficient (Wildman–Crippen LogP) is 4.10. The van der Waals surface area contributed by atoms with Crippen LogP contribution in [0.1, 0.15) is 35.1 Å². The first-order chi connectivity index (χ1) is 21.9. The number of benzene rings is 2. The van der Waals surface area contributed by atoms with E-state index in [9.17, 15) is 9.18 Å². The molecule has 1 saturated heterocycles. The van der Waals surface area contributed by atoms with Gasteiger partial charge in [-0.25, -0.2) is 4.39 Å². The third-order valence-electron chi connectivity index (χ3n) is 9.06. The summed E-state index contributed by atoms with van der Waals surface area (Å²) >= 11 is 0. The van der Waals surface area contributed by atoms with Gasteiger partial charge in [-0.3, -0.25) is 9.69 Å². The molecular weight excluding hydrogens is 573 g/mol. The number of aryl methyl sites for hydroxylation is 2. The van der Waals surface area contributed by atoms with Gasteiger partial charge in [0.2, 0.25) is 5.91 Å². The Labute approximate surface area is 266 Å². The number of halogens is 1. The van der Waals surface area contributed by atoms with Gasteiger partial charge in [0.15, 0.2) is 0 Å². The Morgan fingerprint density at radius 2 is 1.78 bits per heavy atom. The van der Waals surface area contributed by atoms with Crippen molar-refractivity contribution in [3.63, 3.8) is 0 Å². The molecule has 1 aromatic heterocycles. The summed E-state index contributed by atoms with van der Waals surface area (Å²) in [6, 6.07) is 12.6. The Morgan fingerprint density at radius 1 is 1.04 bits per heavy atom. The molecule has 45 heavy (non-hydrogen) atoms. The third-order valence-corrected chi connectivity index (χ3v) is 9.06. The van der Waals surface area contributed by atoms with E-state index in [1.54, 1.807) is 6.07 Å². The summed E-state index contributed by atoms with van der Waals surface area (Å²) in [6.07, 6.45) is 5.46. The molecule has 10 heteroatoms. The van der Waals surface area contributed by atoms with Crippen molar-refractivity contribution in [1.82, 2.24) is 19.7 Å². The van der Waals surface area contributed by atoms with Crippen LogP contribution >= 0.6 is 0 Å². The van der Waals surface area contributed by atoms with E-state index >= 15 is 0 Å². The highest BCUT2D eigenvalue weighted by Gasteiger charge is 2.42. The molecule has 0 saturated carbocycles. The lowest BCUT2D eigenvalue weighted by molar-refractivity contribution is -0.116.